The second-order valence-electron chi connectivity index (χ2n) is 3.97. The molecule has 3 aromatic rings. The molecule has 1 aromatic heterocycles. The van der Waals surface area contributed by atoms with Crippen molar-refractivity contribution in [3.8, 4) is 0 Å². The molecule has 96 valence electrons. The van der Waals surface area contributed by atoms with Crippen molar-refractivity contribution >= 4 is 33.3 Å². The summed E-state index contributed by atoms with van der Waals surface area (Å²) in [4.78, 5) is 4.98. The van der Waals surface area contributed by atoms with Crippen molar-refractivity contribution < 1.29 is 9.50 Å². The molecule has 1 N–H and O–H groups in total. The van der Waals surface area contributed by atoms with Crippen LogP contribution in [0.15, 0.2) is 51.7 Å². The lowest BCUT2D eigenvalue weighted by molar-refractivity contribution is 0.281. The van der Waals surface area contributed by atoms with Gasteiger partial charge in [0.15, 0.2) is 4.34 Å². The zero-order chi connectivity index (χ0) is 13.2. The van der Waals surface area contributed by atoms with Gasteiger partial charge >= 0.3 is 0 Å². The molecule has 0 saturated carbocycles. The number of para-hydroxylation sites is 1. The lowest BCUT2D eigenvalue weighted by atomic mass is 10.2. The maximum absolute atomic E-state index is 13.8. The van der Waals surface area contributed by atoms with Crippen LogP contribution in [0.2, 0.25) is 0 Å². The van der Waals surface area contributed by atoms with E-state index in [0.717, 1.165) is 14.6 Å². The Hall–Kier alpha value is -1.43. The minimum Gasteiger partial charge on any atom is -0.392 e. The fraction of sp³-hybridized carbons (Fsp3) is 0.0714. The first-order valence-corrected chi connectivity index (χ1v) is 7.32. The van der Waals surface area contributed by atoms with E-state index in [1.165, 1.54) is 17.8 Å². The molecule has 0 spiro atoms. The van der Waals surface area contributed by atoms with E-state index in [-0.39, 0.29) is 12.4 Å². The van der Waals surface area contributed by atoms with Crippen LogP contribution in [0, 0.1) is 5.82 Å². The Morgan fingerprint density at radius 1 is 1.21 bits per heavy atom. The Morgan fingerprint density at radius 2 is 2.05 bits per heavy atom. The molecule has 3 rings (SSSR count). The summed E-state index contributed by atoms with van der Waals surface area (Å²) in [6.45, 7) is -0.150. The summed E-state index contributed by atoms with van der Waals surface area (Å²) in [7, 11) is 0. The van der Waals surface area contributed by atoms with Gasteiger partial charge in [0.05, 0.1) is 21.7 Å². The SMILES string of the molecule is OCc1ccc(Sc2nc3ccccc3s2)c(F)c1. The number of benzene rings is 2. The number of halogens is 1. The van der Waals surface area contributed by atoms with Crippen LogP contribution >= 0.6 is 23.1 Å². The second kappa shape index (κ2) is 5.28. The molecule has 1 heterocycles. The van der Waals surface area contributed by atoms with Gasteiger partial charge in [-0.2, -0.15) is 0 Å². The van der Waals surface area contributed by atoms with E-state index >= 15 is 0 Å². The molecule has 0 radical (unpaired) electrons. The number of fused-ring (bicyclic) bond motifs is 1. The maximum atomic E-state index is 13.8. The summed E-state index contributed by atoms with van der Waals surface area (Å²) in [5.74, 6) is -0.323. The number of hydrogen-bond donors (Lipinski definition) is 1. The molecule has 0 aliphatic heterocycles. The number of thiazole rings is 1. The molecule has 5 heteroatoms. The van der Waals surface area contributed by atoms with Crippen LogP contribution in [-0.4, -0.2) is 10.1 Å². The third-order valence-electron chi connectivity index (χ3n) is 2.65. The molecular formula is C14H10FNOS2. The number of aromatic nitrogens is 1. The van der Waals surface area contributed by atoms with Gasteiger partial charge in [0.2, 0.25) is 0 Å². The van der Waals surface area contributed by atoms with E-state index in [1.807, 2.05) is 24.3 Å². The highest BCUT2D eigenvalue weighted by Crippen LogP contribution is 2.35. The number of rotatable bonds is 3. The van der Waals surface area contributed by atoms with Crippen molar-refractivity contribution in [3.05, 3.63) is 53.8 Å². The Morgan fingerprint density at radius 3 is 2.79 bits per heavy atom. The predicted molar refractivity (Wildman–Crippen MR) is 76.1 cm³/mol. The monoisotopic (exact) mass is 291 g/mol. The highest BCUT2D eigenvalue weighted by molar-refractivity contribution is 8.01. The van der Waals surface area contributed by atoms with Crippen LogP contribution in [0.3, 0.4) is 0 Å². The Bertz CT molecular complexity index is 693. The van der Waals surface area contributed by atoms with E-state index in [2.05, 4.69) is 4.98 Å². The van der Waals surface area contributed by atoms with Gasteiger partial charge in [-0.05, 0) is 29.8 Å². The number of nitrogens with zero attached hydrogens (tertiary/aromatic N) is 1. The van der Waals surface area contributed by atoms with Gasteiger partial charge < -0.3 is 5.11 Å². The van der Waals surface area contributed by atoms with Crippen molar-refractivity contribution in [2.75, 3.05) is 0 Å². The number of aliphatic hydroxyl groups is 1. The van der Waals surface area contributed by atoms with Gasteiger partial charge in [-0.1, -0.05) is 30.0 Å². The average molecular weight is 291 g/mol. The highest BCUT2D eigenvalue weighted by atomic mass is 32.2. The molecule has 19 heavy (non-hydrogen) atoms. The third-order valence-corrected chi connectivity index (χ3v) is 4.80. The average Bonchev–Trinajstić information content (AvgIpc) is 2.83. The summed E-state index contributed by atoms with van der Waals surface area (Å²) in [5, 5.41) is 8.95. The standard InChI is InChI=1S/C14H10FNOS2/c15-10-7-9(8-17)5-6-12(10)18-14-16-11-3-1-2-4-13(11)19-14/h1-7,17H,8H2. The van der Waals surface area contributed by atoms with E-state index in [1.54, 1.807) is 23.5 Å². The Balaban J connectivity index is 1.92. The molecule has 2 aromatic carbocycles. The largest absolute Gasteiger partial charge is 0.392 e. The summed E-state index contributed by atoms with van der Waals surface area (Å²) in [6, 6.07) is 12.6. The molecule has 0 aliphatic rings. The van der Waals surface area contributed by atoms with E-state index < -0.39 is 0 Å². The molecule has 2 nitrogen and oxygen atoms in total. The minimum atomic E-state index is -0.323. The second-order valence-corrected chi connectivity index (χ2v) is 6.29. The Kier molecular flexibility index (Phi) is 3.50. The molecule has 0 aliphatic carbocycles. The zero-order valence-corrected chi connectivity index (χ0v) is 11.5. The summed E-state index contributed by atoms with van der Waals surface area (Å²) < 4.78 is 15.7. The van der Waals surface area contributed by atoms with Gasteiger partial charge in [-0.15, -0.1) is 11.3 Å². The normalized spacial score (nSPS) is 11.1. The maximum Gasteiger partial charge on any atom is 0.156 e. The van der Waals surface area contributed by atoms with Crippen LogP contribution in [0.25, 0.3) is 10.2 Å². The highest BCUT2D eigenvalue weighted by Gasteiger charge is 2.09. The van der Waals surface area contributed by atoms with Gasteiger partial charge in [-0.25, -0.2) is 9.37 Å². The van der Waals surface area contributed by atoms with Crippen LogP contribution < -0.4 is 0 Å². The van der Waals surface area contributed by atoms with Crippen LogP contribution in [-0.2, 0) is 6.61 Å². The lowest BCUT2D eigenvalue weighted by Gasteiger charge is -2.02. The lowest BCUT2D eigenvalue weighted by Crippen LogP contribution is -1.87. The summed E-state index contributed by atoms with van der Waals surface area (Å²) in [5.41, 5.74) is 1.51. The number of aliphatic hydroxyl groups excluding tert-OH is 1. The topological polar surface area (TPSA) is 33.1 Å². The van der Waals surface area contributed by atoms with Gasteiger partial charge in [0.25, 0.3) is 0 Å². The summed E-state index contributed by atoms with van der Waals surface area (Å²) >= 11 is 2.86. The van der Waals surface area contributed by atoms with Crippen molar-refractivity contribution in [2.24, 2.45) is 0 Å². The minimum absolute atomic E-state index is 0.150. The fourth-order valence-corrected chi connectivity index (χ4v) is 3.74. The third kappa shape index (κ3) is 2.63. The molecule has 0 atom stereocenters. The van der Waals surface area contributed by atoms with Crippen LogP contribution in [0.1, 0.15) is 5.56 Å². The van der Waals surface area contributed by atoms with Crippen molar-refractivity contribution in [1.29, 1.82) is 0 Å². The van der Waals surface area contributed by atoms with Crippen LogP contribution in [0.5, 0.6) is 0 Å². The molecule has 0 fully saturated rings. The van der Waals surface area contributed by atoms with Gasteiger partial charge in [-0.3, -0.25) is 0 Å². The molecule has 0 unspecified atom stereocenters. The smallest absolute Gasteiger partial charge is 0.156 e. The Labute approximate surface area is 117 Å². The summed E-state index contributed by atoms with van der Waals surface area (Å²) in [6.07, 6.45) is 0. The van der Waals surface area contributed by atoms with E-state index in [4.69, 9.17) is 5.11 Å². The molecule has 0 bridgehead atoms. The first-order chi connectivity index (χ1) is 9.26. The van der Waals surface area contributed by atoms with Crippen molar-refractivity contribution in [3.63, 3.8) is 0 Å². The predicted octanol–water partition coefficient (Wildman–Crippen LogP) is 4.08. The fourth-order valence-electron chi connectivity index (χ4n) is 1.71. The first kappa shape index (κ1) is 12.6. The van der Waals surface area contributed by atoms with E-state index in [0.29, 0.717) is 10.5 Å². The molecular weight excluding hydrogens is 281 g/mol. The van der Waals surface area contributed by atoms with Crippen molar-refractivity contribution in [1.82, 2.24) is 4.98 Å². The van der Waals surface area contributed by atoms with Gasteiger partial charge in [0.1, 0.15) is 5.82 Å². The van der Waals surface area contributed by atoms with Gasteiger partial charge in [0, 0.05) is 0 Å². The first-order valence-electron chi connectivity index (χ1n) is 5.69. The van der Waals surface area contributed by atoms with Crippen molar-refractivity contribution in [2.45, 2.75) is 15.8 Å². The van der Waals surface area contributed by atoms with Crippen LogP contribution in [0.4, 0.5) is 4.39 Å². The molecule has 0 saturated heterocycles. The molecule has 0 amide bonds. The quantitative estimate of drug-likeness (QED) is 0.789. The number of hydrogen-bond acceptors (Lipinski definition) is 4. The zero-order valence-electron chi connectivity index (χ0n) is 9.84. The van der Waals surface area contributed by atoms with E-state index in [9.17, 15) is 4.39 Å².